The van der Waals surface area contributed by atoms with E-state index in [0.717, 1.165) is 16.8 Å². The molecule has 1 heterocycles. The number of aryl methyl sites for hydroxylation is 1. The van der Waals surface area contributed by atoms with Crippen molar-refractivity contribution >= 4 is 17.5 Å². The molecule has 0 radical (unpaired) electrons. The summed E-state index contributed by atoms with van der Waals surface area (Å²) in [4.78, 5) is 22.4. The predicted octanol–water partition coefficient (Wildman–Crippen LogP) is 1.20. The van der Waals surface area contributed by atoms with Crippen LogP contribution in [0.15, 0.2) is 12.1 Å². The van der Waals surface area contributed by atoms with Crippen molar-refractivity contribution in [1.82, 2.24) is 5.32 Å². The molecule has 1 aliphatic rings. The van der Waals surface area contributed by atoms with Gasteiger partial charge in [-0.3, -0.25) is 9.59 Å². The van der Waals surface area contributed by atoms with Crippen molar-refractivity contribution < 1.29 is 9.59 Å². The molecule has 2 amide bonds. The Hall–Kier alpha value is -1.84. The molecular weight excluding hydrogens is 192 g/mol. The molecule has 4 nitrogen and oxygen atoms in total. The van der Waals surface area contributed by atoms with Crippen molar-refractivity contribution in [3.63, 3.8) is 0 Å². The third kappa shape index (κ3) is 1.70. The summed E-state index contributed by atoms with van der Waals surface area (Å²) in [5.74, 6) is -0.192. The summed E-state index contributed by atoms with van der Waals surface area (Å²) in [7, 11) is 0. The minimum atomic E-state index is -0.123. The van der Waals surface area contributed by atoms with Gasteiger partial charge in [-0.25, -0.2) is 0 Å². The molecule has 1 aromatic carbocycles. The van der Waals surface area contributed by atoms with Gasteiger partial charge in [-0.05, 0) is 24.6 Å². The highest BCUT2D eigenvalue weighted by Gasteiger charge is 2.22. The summed E-state index contributed by atoms with van der Waals surface area (Å²) in [5.41, 5.74) is 3.24. The summed E-state index contributed by atoms with van der Waals surface area (Å²) in [6, 6.07) is 3.71. The summed E-state index contributed by atoms with van der Waals surface area (Å²) >= 11 is 0. The monoisotopic (exact) mass is 204 g/mol. The van der Waals surface area contributed by atoms with Gasteiger partial charge >= 0.3 is 0 Å². The number of amides is 2. The van der Waals surface area contributed by atoms with Gasteiger partial charge in [0.1, 0.15) is 0 Å². The molecular formula is C11H12N2O2. The van der Waals surface area contributed by atoms with E-state index in [1.807, 2.05) is 19.1 Å². The Labute approximate surface area is 87.7 Å². The second-order valence-corrected chi connectivity index (χ2v) is 3.70. The van der Waals surface area contributed by atoms with Crippen LogP contribution in [0.1, 0.15) is 28.4 Å². The van der Waals surface area contributed by atoms with Gasteiger partial charge in [-0.1, -0.05) is 0 Å². The van der Waals surface area contributed by atoms with E-state index < -0.39 is 0 Å². The van der Waals surface area contributed by atoms with Gasteiger partial charge in [-0.2, -0.15) is 0 Å². The van der Waals surface area contributed by atoms with Crippen molar-refractivity contribution in [2.24, 2.45) is 0 Å². The molecule has 4 heteroatoms. The normalized spacial score (nSPS) is 13.3. The number of anilines is 1. The number of nitrogens with one attached hydrogen (secondary N) is 2. The Kier molecular flexibility index (Phi) is 2.19. The second-order valence-electron chi connectivity index (χ2n) is 3.70. The highest BCUT2D eigenvalue weighted by atomic mass is 16.2. The van der Waals surface area contributed by atoms with Crippen LogP contribution in [0.25, 0.3) is 0 Å². The van der Waals surface area contributed by atoms with Crippen LogP contribution >= 0.6 is 0 Å². The lowest BCUT2D eigenvalue weighted by molar-refractivity contribution is -0.114. The summed E-state index contributed by atoms with van der Waals surface area (Å²) in [6.07, 6.45) is 0. The molecule has 15 heavy (non-hydrogen) atoms. The summed E-state index contributed by atoms with van der Waals surface area (Å²) in [5, 5.41) is 5.47. The zero-order valence-corrected chi connectivity index (χ0v) is 8.68. The van der Waals surface area contributed by atoms with Gasteiger partial charge in [0.2, 0.25) is 5.91 Å². The Morgan fingerprint density at radius 3 is 2.87 bits per heavy atom. The van der Waals surface area contributed by atoms with Crippen LogP contribution in [-0.4, -0.2) is 11.8 Å². The first-order chi connectivity index (χ1) is 7.08. The van der Waals surface area contributed by atoms with E-state index in [-0.39, 0.29) is 11.8 Å². The Morgan fingerprint density at radius 1 is 1.47 bits per heavy atom. The molecule has 2 N–H and O–H groups in total. The maximum Gasteiger partial charge on any atom is 0.251 e. The van der Waals surface area contributed by atoms with Crippen molar-refractivity contribution in [2.45, 2.75) is 20.4 Å². The smallest absolute Gasteiger partial charge is 0.251 e. The molecule has 0 bridgehead atoms. The fraction of sp³-hybridized carbons (Fsp3) is 0.273. The topological polar surface area (TPSA) is 58.2 Å². The Balaban J connectivity index is 2.51. The third-order valence-corrected chi connectivity index (χ3v) is 2.38. The van der Waals surface area contributed by atoms with Crippen molar-refractivity contribution in [3.05, 3.63) is 28.8 Å². The number of rotatable bonds is 1. The maximum atomic E-state index is 11.4. The maximum absolute atomic E-state index is 11.4. The van der Waals surface area contributed by atoms with Crippen LogP contribution in [0.3, 0.4) is 0 Å². The molecule has 0 unspecified atom stereocenters. The zero-order chi connectivity index (χ0) is 11.0. The fourth-order valence-corrected chi connectivity index (χ4v) is 1.77. The van der Waals surface area contributed by atoms with E-state index in [1.54, 1.807) is 0 Å². The van der Waals surface area contributed by atoms with Crippen LogP contribution in [0.5, 0.6) is 0 Å². The number of fused-ring (bicyclic) bond motifs is 1. The largest absolute Gasteiger partial charge is 0.348 e. The standard InChI is InChI=1S/C11H12N2O2/c1-6-3-8-9(5-12-11(8)15)10(4-6)13-7(2)14/h3-4H,5H2,1-2H3,(H,12,15)(H,13,14). The number of hydrogen-bond acceptors (Lipinski definition) is 2. The molecule has 78 valence electrons. The molecule has 0 aliphatic carbocycles. The fourth-order valence-electron chi connectivity index (χ4n) is 1.77. The van der Waals surface area contributed by atoms with Crippen LogP contribution in [0.4, 0.5) is 5.69 Å². The third-order valence-electron chi connectivity index (χ3n) is 2.38. The highest BCUT2D eigenvalue weighted by Crippen LogP contribution is 2.26. The molecule has 1 aromatic rings. The first-order valence-corrected chi connectivity index (χ1v) is 4.77. The average Bonchev–Trinajstić information content (AvgIpc) is 2.47. The molecule has 1 aliphatic heterocycles. The van der Waals surface area contributed by atoms with E-state index in [9.17, 15) is 9.59 Å². The first-order valence-electron chi connectivity index (χ1n) is 4.77. The van der Waals surface area contributed by atoms with E-state index in [2.05, 4.69) is 10.6 Å². The summed E-state index contributed by atoms with van der Waals surface area (Å²) < 4.78 is 0. The quantitative estimate of drug-likeness (QED) is 0.722. The van der Waals surface area contributed by atoms with Crippen molar-refractivity contribution in [3.8, 4) is 0 Å². The predicted molar refractivity (Wildman–Crippen MR) is 56.7 cm³/mol. The number of carbonyl (C=O) groups is 2. The molecule has 0 saturated heterocycles. The number of hydrogen-bond donors (Lipinski definition) is 2. The van der Waals surface area contributed by atoms with E-state index in [4.69, 9.17) is 0 Å². The zero-order valence-electron chi connectivity index (χ0n) is 8.68. The second kappa shape index (κ2) is 3.38. The van der Waals surface area contributed by atoms with Gasteiger partial charge in [0.05, 0.1) is 0 Å². The van der Waals surface area contributed by atoms with Gasteiger partial charge in [0, 0.05) is 30.3 Å². The molecule has 2 rings (SSSR count). The minimum Gasteiger partial charge on any atom is -0.348 e. The van der Waals surface area contributed by atoms with Crippen LogP contribution in [-0.2, 0) is 11.3 Å². The van der Waals surface area contributed by atoms with Crippen molar-refractivity contribution in [2.75, 3.05) is 5.32 Å². The SMILES string of the molecule is CC(=O)Nc1cc(C)cc2c1CNC2=O. The van der Waals surface area contributed by atoms with Gasteiger partial charge in [0.15, 0.2) is 0 Å². The average molecular weight is 204 g/mol. The number of benzene rings is 1. The van der Waals surface area contributed by atoms with Crippen LogP contribution in [0.2, 0.25) is 0 Å². The van der Waals surface area contributed by atoms with Crippen molar-refractivity contribution in [1.29, 1.82) is 0 Å². The Morgan fingerprint density at radius 2 is 2.20 bits per heavy atom. The molecule has 0 fully saturated rings. The van der Waals surface area contributed by atoms with Crippen LogP contribution in [0, 0.1) is 6.92 Å². The van der Waals surface area contributed by atoms with E-state index in [1.165, 1.54) is 6.92 Å². The Bertz CT molecular complexity index is 452. The molecule has 0 aromatic heterocycles. The lowest BCUT2D eigenvalue weighted by Crippen LogP contribution is -2.12. The first kappa shape index (κ1) is 9.71. The number of carbonyl (C=O) groups excluding carboxylic acids is 2. The molecule has 0 spiro atoms. The molecule has 0 atom stereocenters. The lowest BCUT2D eigenvalue weighted by atomic mass is 10.0. The van der Waals surface area contributed by atoms with E-state index in [0.29, 0.717) is 12.1 Å². The highest BCUT2D eigenvalue weighted by molar-refractivity contribution is 6.02. The molecule has 0 saturated carbocycles. The van der Waals surface area contributed by atoms with Gasteiger partial charge in [0.25, 0.3) is 5.91 Å². The van der Waals surface area contributed by atoms with Gasteiger partial charge < -0.3 is 10.6 Å². The lowest BCUT2D eigenvalue weighted by Gasteiger charge is -2.08. The summed E-state index contributed by atoms with van der Waals surface area (Å²) in [6.45, 7) is 3.85. The van der Waals surface area contributed by atoms with Crippen LogP contribution < -0.4 is 10.6 Å². The minimum absolute atomic E-state index is 0.0692. The van der Waals surface area contributed by atoms with Gasteiger partial charge in [-0.15, -0.1) is 0 Å². The van der Waals surface area contributed by atoms with E-state index >= 15 is 0 Å².